The van der Waals surface area contributed by atoms with Gasteiger partial charge in [-0.2, -0.15) is 0 Å². The molecule has 2 aliphatic heterocycles. The van der Waals surface area contributed by atoms with Gasteiger partial charge in [0.1, 0.15) is 6.54 Å². The number of nitrogens with one attached hydrogen (secondary N) is 1. The Balaban J connectivity index is 1.27. The Hall–Kier alpha value is -6.32. The van der Waals surface area contributed by atoms with Gasteiger partial charge in [-0.3, -0.25) is 19.5 Å². The number of benzene rings is 5. The number of rotatable bonds is 11. The molecule has 0 saturated heterocycles. The van der Waals surface area contributed by atoms with Crippen LogP contribution in [0.1, 0.15) is 53.3 Å². The monoisotopic (exact) mass is 684 g/mol. The van der Waals surface area contributed by atoms with Crippen molar-refractivity contribution in [3.05, 3.63) is 183 Å². The van der Waals surface area contributed by atoms with Crippen LogP contribution in [-0.4, -0.2) is 21.8 Å². The number of fused-ring (bicyclic) bond motifs is 1. The first-order valence-corrected chi connectivity index (χ1v) is 17.7. The number of para-hydroxylation sites is 1. The summed E-state index contributed by atoms with van der Waals surface area (Å²) in [5, 5.41) is 16.6. The molecule has 9 heteroatoms. The fourth-order valence-corrected chi connectivity index (χ4v) is 7.72. The van der Waals surface area contributed by atoms with Crippen LogP contribution >= 0.6 is 0 Å². The van der Waals surface area contributed by atoms with Crippen molar-refractivity contribution >= 4 is 23.9 Å². The molecule has 8 rings (SSSR count). The number of aryl methyl sites for hydroxylation is 1. The molecular formula is C43H38N7O2+. The van der Waals surface area contributed by atoms with Crippen molar-refractivity contribution in [1.29, 1.82) is 0 Å². The molecule has 0 radical (unpaired) electrons. The zero-order valence-electron chi connectivity index (χ0n) is 28.9. The molecule has 1 atom stereocenters. The topological polar surface area (TPSA) is 101 Å². The van der Waals surface area contributed by atoms with Gasteiger partial charge in [-0.15, -0.1) is 0 Å². The highest BCUT2D eigenvalue weighted by Gasteiger charge is 2.60. The first-order chi connectivity index (χ1) is 25.5. The number of quaternary nitrogens is 1. The third-order valence-electron chi connectivity index (χ3n) is 10.1. The quantitative estimate of drug-likeness (QED) is 0.110. The zero-order valence-corrected chi connectivity index (χ0v) is 28.9. The molecule has 0 bridgehead atoms. The number of carbonyl (C=O) groups excluding carboxylic acids is 1. The summed E-state index contributed by atoms with van der Waals surface area (Å²) >= 11 is 0. The van der Waals surface area contributed by atoms with Crippen molar-refractivity contribution < 1.29 is 4.79 Å². The van der Waals surface area contributed by atoms with Crippen LogP contribution in [-0.2, 0) is 29.7 Å². The van der Waals surface area contributed by atoms with E-state index in [9.17, 15) is 9.59 Å². The van der Waals surface area contributed by atoms with Crippen molar-refractivity contribution in [2.45, 2.75) is 44.7 Å². The Morgan fingerprint density at radius 1 is 0.750 bits per heavy atom. The van der Waals surface area contributed by atoms with E-state index in [0.717, 1.165) is 57.6 Å². The van der Waals surface area contributed by atoms with Crippen molar-refractivity contribution in [3.63, 3.8) is 0 Å². The Labute approximate surface area is 302 Å². The summed E-state index contributed by atoms with van der Waals surface area (Å²) in [5.74, 6) is 0.124. The second kappa shape index (κ2) is 13.8. The highest BCUT2D eigenvalue weighted by molar-refractivity contribution is 5.92. The van der Waals surface area contributed by atoms with Crippen molar-refractivity contribution in [2.24, 2.45) is 15.5 Å². The molecule has 5 aromatic carbocycles. The number of hydrogen-bond donors (Lipinski definition) is 1. The molecule has 0 fully saturated rings. The van der Waals surface area contributed by atoms with Gasteiger partial charge in [0.2, 0.25) is 23.7 Å². The van der Waals surface area contributed by atoms with Crippen LogP contribution in [0.5, 0.6) is 0 Å². The molecule has 1 amide bonds. The molecule has 1 aromatic heterocycles. The number of nitrogens with zero attached hydrogens (tertiary/aromatic N) is 6. The second-order valence-corrected chi connectivity index (χ2v) is 13.2. The second-order valence-electron chi connectivity index (χ2n) is 13.2. The average molecular weight is 685 g/mol. The van der Waals surface area contributed by atoms with Crippen LogP contribution in [0.3, 0.4) is 0 Å². The maximum atomic E-state index is 13.7. The minimum atomic E-state index is -0.906. The summed E-state index contributed by atoms with van der Waals surface area (Å²) in [6, 6.07) is 48.0. The maximum absolute atomic E-state index is 13.7. The van der Waals surface area contributed by atoms with Crippen molar-refractivity contribution in [1.82, 2.24) is 14.1 Å². The van der Waals surface area contributed by atoms with E-state index in [-0.39, 0.29) is 22.6 Å². The Morgan fingerprint density at radius 3 is 1.92 bits per heavy atom. The summed E-state index contributed by atoms with van der Waals surface area (Å²) in [4.78, 5) is 30.5. The summed E-state index contributed by atoms with van der Waals surface area (Å²) in [5.41, 5.74) is 7.27. The Bertz CT molecular complexity index is 2240. The van der Waals surface area contributed by atoms with Gasteiger partial charge in [0, 0.05) is 45.5 Å². The third kappa shape index (κ3) is 5.46. The predicted octanol–water partition coefficient (Wildman–Crippen LogP) is 8.42. The fourth-order valence-electron chi connectivity index (χ4n) is 7.72. The highest BCUT2D eigenvalue weighted by Crippen LogP contribution is 2.53. The number of carbonyl (C=O) groups is 1. The number of anilines is 1. The largest absolute Gasteiger partial charge is 0.294 e. The van der Waals surface area contributed by atoms with E-state index in [1.54, 1.807) is 0 Å². The van der Waals surface area contributed by atoms with Gasteiger partial charge >= 0.3 is 0 Å². The molecule has 1 unspecified atom stereocenters. The third-order valence-corrected chi connectivity index (χ3v) is 10.1. The van der Waals surface area contributed by atoms with Gasteiger partial charge in [-0.1, -0.05) is 150 Å². The van der Waals surface area contributed by atoms with Gasteiger partial charge < -0.3 is 0 Å². The van der Waals surface area contributed by atoms with Gasteiger partial charge in [0.25, 0.3) is 5.56 Å². The lowest BCUT2D eigenvalue weighted by atomic mass is 9.74. The highest BCUT2D eigenvalue weighted by atomic mass is 16.2. The van der Waals surface area contributed by atoms with Gasteiger partial charge in [-0.25, -0.2) is 4.98 Å². The molecule has 0 aliphatic carbocycles. The van der Waals surface area contributed by atoms with E-state index in [2.05, 4.69) is 132 Å². The summed E-state index contributed by atoms with van der Waals surface area (Å²) < 4.78 is 1.39. The number of unbranched alkanes of at least 4 members (excludes halogenated alkanes) is 1. The molecule has 0 spiro atoms. The van der Waals surface area contributed by atoms with Crippen molar-refractivity contribution in [3.8, 4) is 11.1 Å². The minimum absolute atomic E-state index is 0.00494. The lowest BCUT2D eigenvalue weighted by molar-refractivity contribution is -0.115. The standard InChI is InChI=1S/C43H37N7O2/c1-2-3-22-38-37(41(52)49-29-40(51)46-42(49)45-38)28-31-24-26-32(27-25-31)36-21-13-14-23-39(36)50(30-44-47-48-50)43(33-15-7-4-8-16-33,34-17-9-5-10-18-34)35-19-11-6-12-20-35/h4-21,23-27,30H,2-3,22,28-29H2,1H3/p+1. The smallest absolute Gasteiger partial charge is 0.259 e. The van der Waals surface area contributed by atoms with Gasteiger partial charge in [-0.05, 0) is 30.0 Å². The van der Waals surface area contributed by atoms with Crippen LogP contribution < -0.4 is 15.5 Å². The average Bonchev–Trinajstić information content (AvgIpc) is 3.85. The van der Waals surface area contributed by atoms with E-state index in [1.165, 1.54) is 4.57 Å². The summed E-state index contributed by atoms with van der Waals surface area (Å²) in [6.07, 6.45) is 4.82. The lowest BCUT2D eigenvalue weighted by Crippen LogP contribution is -2.60. The van der Waals surface area contributed by atoms with E-state index >= 15 is 0 Å². The molecule has 6 aromatic rings. The molecule has 1 N–H and O–H groups in total. The Morgan fingerprint density at radius 2 is 1.35 bits per heavy atom. The maximum Gasteiger partial charge on any atom is 0.259 e. The molecule has 256 valence electrons. The van der Waals surface area contributed by atoms with E-state index in [1.807, 2.05) is 36.7 Å². The van der Waals surface area contributed by atoms with Crippen LogP contribution in [0.4, 0.5) is 11.6 Å². The summed E-state index contributed by atoms with van der Waals surface area (Å²) in [7, 11) is 0. The summed E-state index contributed by atoms with van der Waals surface area (Å²) in [6.45, 7) is 2.11. The number of amides is 1. The predicted molar refractivity (Wildman–Crippen MR) is 205 cm³/mol. The van der Waals surface area contributed by atoms with Crippen LogP contribution in [0, 0.1) is 0 Å². The number of hydrogen-bond acceptors (Lipinski definition) is 6. The van der Waals surface area contributed by atoms with Crippen molar-refractivity contribution in [2.75, 3.05) is 5.32 Å². The zero-order chi connectivity index (χ0) is 35.5. The molecular weight excluding hydrogens is 647 g/mol. The molecule has 3 heterocycles. The molecule has 0 saturated carbocycles. The first-order valence-electron chi connectivity index (χ1n) is 17.7. The molecule has 2 aliphatic rings. The molecule has 9 nitrogen and oxygen atoms in total. The SMILES string of the molecule is CCCCc1nc2n(c(=O)c1Cc1ccc(-c3ccccc3[N+]3(C(c4ccccc4)(c4ccccc4)c4ccccc4)C=NN=N3)cc1)CC(=O)N2. The van der Waals surface area contributed by atoms with E-state index in [0.29, 0.717) is 24.4 Å². The van der Waals surface area contributed by atoms with Crippen LogP contribution in [0.25, 0.3) is 11.1 Å². The fraction of sp³-hybridized carbons (Fsp3) is 0.163. The minimum Gasteiger partial charge on any atom is -0.294 e. The van der Waals surface area contributed by atoms with Gasteiger partial charge in [0.15, 0.2) is 5.69 Å². The van der Waals surface area contributed by atoms with Gasteiger partial charge in [0.05, 0.1) is 10.9 Å². The first kappa shape index (κ1) is 32.9. The van der Waals surface area contributed by atoms with Crippen LogP contribution in [0.15, 0.2) is 160 Å². The number of aromatic nitrogens is 2. The lowest BCUT2D eigenvalue weighted by Gasteiger charge is -2.44. The molecule has 52 heavy (non-hydrogen) atoms. The normalized spacial score (nSPS) is 16.2. The van der Waals surface area contributed by atoms with E-state index < -0.39 is 5.54 Å². The Kier molecular flexibility index (Phi) is 8.70. The van der Waals surface area contributed by atoms with Crippen LogP contribution in [0.2, 0.25) is 0 Å². The van der Waals surface area contributed by atoms with E-state index in [4.69, 9.17) is 10.2 Å².